The molecule has 0 aliphatic heterocycles. The van der Waals surface area contributed by atoms with Gasteiger partial charge in [-0.15, -0.1) is 0 Å². The number of rotatable bonds is 0. The molecule has 2 heterocycles. The number of aromatic nitrogens is 2. The summed E-state index contributed by atoms with van der Waals surface area (Å²) in [5.74, 6) is 6.50. The quantitative estimate of drug-likeness (QED) is 0.356. The zero-order chi connectivity index (χ0) is 14.8. The third-order valence-corrected chi connectivity index (χ3v) is 3.58. The van der Waals surface area contributed by atoms with E-state index < -0.39 is 0 Å². The molecule has 4 rings (SSSR count). The molecule has 0 bridgehead atoms. The number of hydrogen-bond acceptors (Lipinski definition) is 2. The third kappa shape index (κ3) is 2.19. The maximum absolute atomic E-state index is 4.49. The lowest BCUT2D eigenvalue weighted by atomic mass is 10.0. The summed E-state index contributed by atoms with van der Waals surface area (Å²) in [6, 6.07) is 20.1. The van der Waals surface area contributed by atoms with Crippen molar-refractivity contribution >= 4 is 21.8 Å². The first-order valence-electron chi connectivity index (χ1n) is 7.11. The smallest absolute Gasteiger partial charge is 0.0977 e. The van der Waals surface area contributed by atoms with Gasteiger partial charge >= 0.3 is 0 Å². The van der Waals surface area contributed by atoms with Gasteiger partial charge in [-0.05, 0) is 36.4 Å². The van der Waals surface area contributed by atoms with Gasteiger partial charge < -0.3 is 0 Å². The highest BCUT2D eigenvalue weighted by molar-refractivity contribution is 6.05. The van der Waals surface area contributed by atoms with E-state index in [0.29, 0.717) is 0 Å². The first-order valence-corrected chi connectivity index (χ1v) is 7.11. The Morgan fingerprint density at radius 1 is 0.682 bits per heavy atom. The summed E-state index contributed by atoms with van der Waals surface area (Å²) in [5, 5.41) is 2.10. The van der Waals surface area contributed by atoms with Gasteiger partial charge in [-0.1, -0.05) is 36.1 Å². The molecule has 0 saturated heterocycles. The molecule has 102 valence electrons. The average molecular weight is 280 g/mol. The number of pyridine rings is 2. The fourth-order valence-corrected chi connectivity index (χ4v) is 2.54. The molecule has 0 unspecified atom stereocenters. The predicted molar refractivity (Wildman–Crippen MR) is 89.5 cm³/mol. The average Bonchev–Trinajstić information content (AvgIpc) is 2.60. The number of benzene rings is 2. The normalized spacial score (nSPS) is 10.4. The fraction of sp³-hybridized carbons (Fsp3) is 0. The van der Waals surface area contributed by atoms with E-state index in [1.54, 1.807) is 12.4 Å². The van der Waals surface area contributed by atoms with Crippen molar-refractivity contribution in [3.63, 3.8) is 0 Å². The third-order valence-electron chi connectivity index (χ3n) is 3.58. The molecule has 2 heteroatoms. The number of fused-ring (bicyclic) bond motifs is 3. The molecule has 0 amide bonds. The van der Waals surface area contributed by atoms with Crippen LogP contribution in [0.2, 0.25) is 0 Å². The van der Waals surface area contributed by atoms with Crippen molar-refractivity contribution in [3.8, 4) is 11.8 Å². The van der Waals surface area contributed by atoms with Gasteiger partial charge in [-0.2, -0.15) is 0 Å². The minimum atomic E-state index is 0.901. The molecule has 0 N–H and O–H groups in total. The maximum atomic E-state index is 4.49. The van der Waals surface area contributed by atoms with Crippen LogP contribution in [0.1, 0.15) is 11.1 Å². The van der Waals surface area contributed by atoms with E-state index in [-0.39, 0.29) is 0 Å². The lowest BCUT2D eigenvalue weighted by molar-refractivity contribution is 1.37. The van der Waals surface area contributed by atoms with Gasteiger partial charge in [0.05, 0.1) is 11.0 Å². The largest absolute Gasteiger partial charge is 0.254 e. The van der Waals surface area contributed by atoms with Crippen LogP contribution in [0.15, 0.2) is 73.1 Å². The Labute approximate surface area is 128 Å². The monoisotopic (exact) mass is 280 g/mol. The van der Waals surface area contributed by atoms with Gasteiger partial charge in [0.2, 0.25) is 0 Å². The van der Waals surface area contributed by atoms with Gasteiger partial charge in [-0.3, -0.25) is 9.97 Å². The summed E-state index contributed by atoms with van der Waals surface area (Å²) < 4.78 is 0. The topological polar surface area (TPSA) is 25.8 Å². The zero-order valence-electron chi connectivity index (χ0n) is 11.8. The summed E-state index contributed by atoms with van der Waals surface area (Å²) in [5.41, 5.74) is 3.81. The molecule has 22 heavy (non-hydrogen) atoms. The molecule has 0 atom stereocenters. The highest BCUT2D eigenvalue weighted by Crippen LogP contribution is 2.25. The van der Waals surface area contributed by atoms with Crippen molar-refractivity contribution in [2.45, 2.75) is 0 Å². The molecule has 0 radical (unpaired) electrons. The summed E-state index contributed by atoms with van der Waals surface area (Å²) in [6.45, 7) is 0. The second-order valence-corrected chi connectivity index (χ2v) is 5.01. The second kappa shape index (κ2) is 5.31. The Balaban J connectivity index is 1.99. The van der Waals surface area contributed by atoms with Crippen molar-refractivity contribution in [3.05, 3.63) is 84.2 Å². The van der Waals surface area contributed by atoms with E-state index in [1.807, 2.05) is 54.6 Å². The Morgan fingerprint density at radius 3 is 2.32 bits per heavy atom. The zero-order valence-corrected chi connectivity index (χ0v) is 11.8. The van der Waals surface area contributed by atoms with E-state index in [2.05, 4.69) is 27.9 Å². The number of hydrogen-bond donors (Lipinski definition) is 0. The van der Waals surface area contributed by atoms with E-state index >= 15 is 0 Å². The van der Waals surface area contributed by atoms with Gasteiger partial charge in [-0.25, -0.2) is 0 Å². The Kier molecular flexibility index (Phi) is 3.03. The summed E-state index contributed by atoms with van der Waals surface area (Å²) in [7, 11) is 0. The minimum absolute atomic E-state index is 0.901. The van der Waals surface area contributed by atoms with E-state index in [0.717, 1.165) is 32.9 Å². The molecule has 4 aromatic rings. The van der Waals surface area contributed by atoms with E-state index in [1.165, 1.54) is 0 Å². The minimum Gasteiger partial charge on any atom is -0.254 e. The standard InChI is InChI=1S/C20H12N2/c1-2-6-15(7-3-1)10-11-16-14-17-8-4-12-21-19(17)20-18(16)9-5-13-22-20/h1-9,12-14H. The van der Waals surface area contributed by atoms with Crippen LogP contribution in [0.25, 0.3) is 21.8 Å². The van der Waals surface area contributed by atoms with E-state index in [9.17, 15) is 0 Å². The molecule has 2 aromatic carbocycles. The Hall–Kier alpha value is -3.18. The lowest BCUT2D eigenvalue weighted by Crippen LogP contribution is -1.88. The van der Waals surface area contributed by atoms with Crippen LogP contribution < -0.4 is 0 Å². The molecule has 2 aromatic heterocycles. The molecular formula is C20H12N2. The molecular weight excluding hydrogens is 268 g/mol. The van der Waals surface area contributed by atoms with Crippen molar-refractivity contribution in [2.24, 2.45) is 0 Å². The highest BCUT2D eigenvalue weighted by Gasteiger charge is 2.06. The molecule has 0 aliphatic rings. The Morgan fingerprint density at radius 2 is 1.45 bits per heavy atom. The van der Waals surface area contributed by atoms with Crippen LogP contribution in [0.3, 0.4) is 0 Å². The van der Waals surface area contributed by atoms with Crippen LogP contribution >= 0.6 is 0 Å². The SMILES string of the molecule is C(#Cc1cc2cccnc2c2ncccc12)c1ccccc1. The van der Waals surface area contributed by atoms with Gasteiger partial charge in [0, 0.05) is 34.3 Å². The maximum Gasteiger partial charge on any atom is 0.0977 e. The second-order valence-electron chi connectivity index (χ2n) is 5.01. The van der Waals surface area contributed by atoms with Crippen molar-refractivity contribution in [1.82, 2.24) is 9.97 Å². The first kappa shape index (κ1) is 12.6. The summed E-state index contributed by atoms with van der Waals surface area (Å²) >= 11 is 0. The van der Waals surface area contributed by atoms with Crippen LogP contribution in [-0.4, -0.2) is 9.97 Å². The van der Waals surface area contributed by atoms with Crippen LogP contribution in [0.4, 0.5) is 0 Å². The van der Waals surface area contributed by atoms with E-state index in [4.69, 9.17) is 0 Å². The van der Waals surface area contributed by atoms with Crippen LogP contribution in [-0.2, 0) is 0 Å². The van der Waals surface area contributed by atoms with Crippen molar-refractivity contribution in [2.75, 3.05) is 0 Å². The molecule has 0 spiro atoms. The molecule has 0 aliphatic carbocycles. The number of nitrogens with zero attached hydrogens (tertiary/aromatic N) is 2. The first-order chi connectivity index (χ1) is 10.9. The van der Waals surface area contributed by atoms with Gasteiger partial charge in [0.25, 0.3) is 0 Å². The highest BCUT2D eigenvalue weighted by atomic mass is 14.7. The molecule has 0 fully saturated rings. The summed E-state index contributed by atoms with van der Waals surface area (Å²) in [6.07, 6.45) is 3.59. The Bertz CT molecular complexity index is 1020. The van der Waals surface area contributed by atoms with Crippen molar-refractivity contribution in [1.29, 1.82) is 0 Å². The van der Waals surface area contributed by atoms with Crippen molar-refractivity contribution < 1.29 is 0 Å². The molecule has 0 saturated carbocycles. The lowest BCUT2D eigenvalue weighted by Gasteiger charge is -2.04. The van der Waals surface area contributed by atoms with Gasteiger partial charge in [0.15, 0.2) is 0 Å². The summed E-state index contributed by atoms with van der Waals surface area (Å²) in [4.78, 5) is 8.95. The molecule has 2 nitrogen and oxygen atoms in total. The van der Waals surface area contributed by atoms with Crippen LogP contribution in [0.5, 0.6) is 0 Å². The van der Waals surface area contributed by atoms with Gasteiger partial charge in [0.1, 0.15) is 0 Å². The predicted octanol–water partition coefficient (Wildman–Crippen LogP) is 4.18. The van der Waals surface area contributed by atoms with Crippen LogP contribution in [0, 0.1) is 11.8 Å². The fourth-order valence-electron chi connectivity index (χ4n) is 2.54.